The summed E-state index contributed by atoms with van der Waals surface area (Å²) in [5, 5.41) is 6.66. The van der Waals surface area contributed by atoms with E-state index < -0.39 is 17.8 Å². The Labute approximate surface area is 252 Å². The highest BCUT2D eigenvalue weighted by Gasteiger charge is 2.31. The number of alkyl halides is 3. The molecule has 1 fully saturated rings. The van der Waals surface area contributed by atoms with Crippen LogP contribution < -0.4 is 5.32 Å². The first-order valence-corrected chi connectivity index (χ1v) is 14.3. The van der Waals surface area contributed by atoms with E-state index in [0.717, 1.165) is 23.3 Å². The van der Waals surface area contributed by atoms with Crippen molar-refractivity contribution >= 4 is 12.0 Å². The Balaban J connectivity index is 1.05. The van der Waals surface area contributed by atoms with Gasteiger partial charge in [-0.25, -0.2) is 4.79 Å². The topological polar surface area (TPSA) is 101 Å². The van der Waals surface area contributed by atoms with Gasteiger partial charge in [-0.05, 0) is 41.8 Å². The zero-order chi connectivity index (χ0) is 30.9. The number of nitrogens with zero attached hydrogens (tertiary/aromatic N) is 4. The number of nitrogens with one attached hydrogen (secondary N) is 1. The van der Waals surface area contributed by atoms with Gasteiger partial charge < -0.3 is 19.5 Å². The molecule has 3 aromatic carbocycles. The second kappa shape index (κ2) is 14.2. The lowest BCUT2D eigenvalue weighted by molar-refractivity contribution is -0.137. The molecule has 0 unspecified atom stereocenters. The van der Waals surface area contributed by atoms with E-state index in [2.05, 4.69) is 20.4 Å². The Bertz CT molecular complexity index is 1550. The van der Waals surface area contributed by atoms with Gasteiger partial charge in [0.1, 0.15) is 6.61 Å². The average molecular weight is 608 g/mol. The number of carbonyl (C=O) groups excluding carboxylic acids is 2. The Hall–Kier alpha value is -4.71. The molecule has 0 bridgehead atoms. The Morgan fingerprint density at radius 2 is 1.61 bits per heavy atom. The predicted molar refractivity (Wildman–Crippen MR) is 156 cm³/mol. The van der Waals surface area contributed by atoms with Gasteiger partial charge in [0.05, 0.1) is 5.56 Å². The summed E-state index contributed by atoms with van der Waals surface area (Å²) < 4.78 is 49.7. The number of hydrogen-bond acceptors (Lipinski definition) is 7. The molecule has 4 aromatic rings. The molecule has 1 saturated heterocycles. The van der Waals surface area contributed by atoms with Crippen molar-refractivity contribution in [2.45, 2.75) is 32.2 Å². The molecule has 0 aliphatic carbocycles. The van der Waals surface area contributed by atoms with E-state index in [1.54, 1.807) is 0 Å². The van der Waals surface area contributed by atoms with Crippen LogP contribution in [0.1, 0.15) is 29.5 Å². The van der Waals surface area contributed by atoms with Crippen LogP contribution in [-0.4, -0.2) is 64.7 Å². The maximum Gasteiger partial charge on any atom is 0.416 e. The van der Waals surface area contributed by atoms with Crippen LogP contribution in [0.25, 0.3) is 22.8 Å². The van der Waals surface area contributed by atoms with Crippen LogP contribution in [0.4, 0.5) is 18.0 Å². The molecular weight excluding hydrogens is 575 g/mol. The van der Waals surface area contributed by atoms with E-state index in [-0.39, 0.29) is 29.8 Å². The van der Waals surface area contributed by atoms with Crippen molar-refractivity contribution in [2.75, 3.05) is 32.7 Å². The third-order valence-corrected chi connectivity index (χ3v) is 7.23. The Morgan fingerprint density at radius 1 is 0.886 bits per heavy atom. The fourth-order valence-corrected chi connectivity index (χ4v) is 4.87. The summed E-state index contributed by atoms with van der Waals surface area (Å²) >= 11 is 0. The smallest absolute Gasteiger partial charge is 0.416 e. The third-order valence-electron chi connectivity index (χ3n) is 7.23. The number of carbonyl (C=O) groups is 2. The molecule has 2 amide bonds. The van der Waals surface area contributed by atoms with Crippen molar-refractivity contribution in [1.82, 2.24) is 25.3 Å². The molecule has 1 aromatic heterocycles. The van der Waals surface area contributed by atoms with Gasteiger partial charge in [-0.1, -0.05) is 59.8 Å². The molecule has 9 nitrogen and oxygen atoms in total. The zero-order valence-electron chi connectivity index (χ0n) is 23.9. The van der Waals surface area contributed by atoms with E-state index in [1.165, 1.54) is 12.1 Å². The molecule has 2 heterocycles. The first-order valence-electron chi connectivity index (χ1n) is 14.3. The van der Waals surface area contributed by atoms with Crippen LogP contribution in [0, 0.1) is 0 Å². The summed E-state index contributed by atoms with van der Waals surface area (Å²) in [7, 11) is 0. The fourth-order valence-electron chi connectivity index (χ4n) is 4.87. The highest BCUT2D eigenvalue weighted by molar-refractivity contribution is 5.76. The Kier molecular flexibility index (Phi) is 9.90. The summed E-state index contributed by atoms with van der Waals surface area (Å²) in [6, 6.07) is 21.8. The van der Waals surface area contributed by atoms with E-state index in [1.807, 2.05) is 59.5 Å². The summed E-state index contributed by atoms with van der Waals surface area (Å²) in [5.74, 6) is 0.351. The first kappa shape index (κ1) is 30.7. The largest absolute Gasteiger partial charge is 0.445 e. The molecular formula is C32H32F3N5O4. The number of alkyl carbamates (subject to hydrolysis) is 1. The number of rotatable bonds is 10. The highest BCUT2D eigenvalue weighted by atomic mass is 19.4. The number of halogens is 3. The van der Waals surface area contributed by atoms with Gasteiger partial charge in [0.2, 0.25) is 11.7 Å². The number of amides is 2. The van der Waals surface area contributed by atoms with Crippen molar-refractivity contribution in [3.05, 3.63) is 95.6 Å². The standard InChI is InChI=1S/C32H32F3N5O4/c33-32(34,35)27-12-5-11-26(20-27)30-37-29(38-44-30)25-10-4-9-24(19-25)21-39-15-17-40(18-16-39)28(41)13-6-14-36-31(42)43-22-23-7-2-1-3-8-23/h1-5,7-12,19-20H,6,13-18,21-22H2,(H,36,42). The molecule has 5 rings (SSSR count). The minimum Gasteiger partial charge on any atom is -0.445 e. The number of aromatic nitrogens is 2. The van der Waals surface area contributed by atoms with Crippen molar-refractivity contribution in [1.29, 1.82) is 0 Å². The van der Waals surface area contributed by atoms with Gasteiger partial charge in [0, 0.05) is 56.8 Å². The molecule has 0 atom stereocenters. The van der Waals surface area contributed by atoms with E-state index in [4.69, 9.17) is 9.26 Å². The average Bonchev–Trinajstić information content (AvgIpc) is 3.53. The molecule has 230 valence electrons. The lowest BCUT2D eigenvalue weighted by atomic mass is 10.1. The van der Waals surface area contributed by atoms with Crippen LogP contribution in [0.2, 0.25) is 0 Å². The second-order valence-electron chi connectivity index (χ2n) is 10.5. The third kappa shape index (κ3) is 8.44. The van der Waals surface area contributed by atoms with E-state index in [9.17, 15) is 22.8 Å². The quantitative estimate of drug-likeness (QED) is 0.228. The van der Waals surface area contributed by atoms with E-state index in [0.29, 0.717) is 57.7 Å². The summed E-state index contributed by atoms with van der Waals surface area (Å²) in [4.78, 5) is 33.0. The molecule has 0 radical (unpaired) electrons. The summed E-state index contributed by atoms with van der Waals surface area (Å²) in [6.07, 6.45) is -4.11. The van der Waals surface area contributed by atoms with Gasteiger partial charge in [-0.3, -0.25) is 9.69 Å². The molecule has 1 aliphatic heterocycles. The zero-order valence-corrected chi connectivity index (χ0v) is 23.9. The number of ether oxygens (including phenoxy) is 1. The monoisotopic (exact) mass is 607 g/mol. The van der Waals surface area contributed by atoms with E-state index >= 15 is 0 Å². The molecule has 1 aliphatic rings. The number of piperazine rings is 1. The first-order chi connectivity index (χ1) is 21.2. The second-order valence-corrected chi connectivity index (χ2v) is 10.5. The minimum absolute atomic E-state index is 0.0102. The molecule has 0 saturated carbocycles. The van der Waals surface area contributed by atoms with Gasteiger partial charge in [-0.2, -0.15) is 18.2 Å². The number of benzene rings is 3. The van der Waals surface area contributed by atoms with Crippen LogP contribution in [0.5, 0.6) is 0 Å². The summed E-state index contributed by atoms with van der Waals surface area (Å²) in [5.41, 5.74) is 2.02. The van der Waals surface area contributed by atoms with Gasteiger partial charge in [0.15, 0.2) is 0 Å². The predicted octanol–water partition coefficient (Wildman–Crippen LogP) is 5.77. The van der Waals surface area contributed by atoms with Crippen molar-refractivity contribution in [2.24, 2.45) is 0 Å². The SMILES string of the molecule is O=C(NCCCC(=O)N1CCN(Cc2cccc(-c3noc(-c4cccc(C(F)(F)F)c4)n3)c2)CC1)OCc1ccccc1. The lowest BCUT2D eigenvalue weighted by Crippen LogP contribution is -2.48. The van der Waals surface area contributed by atoms with Gasteiger partial charge in [-0.15, -0.1) is 0 Å². The molecule has 1 N–H and O–H groups in total. The molecule has 0 spiro atoms. The van der Waals surface area contributed by atoms with Crippen molar-refractivity contribution in [3.8, 4) is 22.8 Å². The number of hydrogen-bond donors (Lipinski definition) is 1. The fraction of sp³-hybridized carbons (Fsp3) is 0.312. The van der Waals surface area contributed by atoms with Crippen LogP contribution in [0.3, 0.4) is 0 Å². The lowest BCUT2D eigenvalue weighted by Gasteiger charge is -2.35. The maximum absolute atomic E-state index is 13.1. The Morgan fingerprint density at radius 3 is 2.39 bits per heavy atom. The molecule has 44 heavy (non-hydrogen) atoms. The molecule has 12 heteroatoms. The highest BCUT2D eigenvalue weighted by Crippen LogP contribution is 2.32. The summed E-state index contributed by atoms with van der Waals surface area (Å²) in [6.45, 7) is 3.85. The van der Waals surface area contributed by atoms with Crippen molar-refractivity contribution in [3.63, 3.8) is 0 Å². The van der Waals surface area contributed by atoms with Gasteiger partial charge in [0.25, 0.3) is 5.89 Å². The van der Waals surface area contributed by atoms with Gasteiger partial charge >= 0.3 is 12.3 Å². The van der Waals surface area contributed by atoms with Crippen molar-refractivity contribution < 1.29 is 32.0 Å². The van der Waals surface area contributed by atoms with Crippen LogP contribution >= 0.6 is 0 Å². The van der Waals surface area contributed by atoms with Crippen LogP contribution in [-0.2, 0) is 28.9 Å². The normalized spacial score (nSPS) is 13.9. The minimum atomic E-state index is -4.47. The maximum atomic E-state index is 13.1. The van der Waals surface area contributed by atoms with Crippen LogP contribution in [0.15, 0.2) is 83.4 Å².